The Morgan fingerprint density at radius 3 is 2.56 bits per heavy atom. The van der Waals surface area contributed by atoms with Crippen molar-refractivity contribution in [2.45, 2.75) is 30.3 Å². The van der Waals surface area contributed by atoms with Crippen molar-refractivity contribution in [3.05, 3.63) is 72.8 Å². The monoisotopic (exact) mass is 462 g/mol. The number of likely N-dealkylation sites (tertiary alicyclic amines) is 1. The molecule has 0 spiro atoms. The highest BCUT2D eigenvalue weighted by Gasteiger charge is 2.31. The lowest BCUT2D eigenvalue weighted by molar-refractivity contribution is -0.274. The minimum absolute atomic E-state index is 0.0243. The van der Waals surface area contributed by atoms with E-state index in [1.165, 1.54) is 24.5 Å². The standard InChI is InChI=1S/C22H21F3N4O2S/c23-22(24,25)31-20-2-1-3-21(10-20)32(30)28-19-8-9-29(14-19)13-16-4-6-17(7-5-16)18-11-26-15-27-12-18/h1-7,10-12,15,19,28H,8-9,13-14H2/t19-,32?/m1/s1. The zero-order valence-electron chi connectivity index (χ0n) is 17.0. The number of halogens is 3. The summed E-state index contributed by atoms with van der Waals surface area (Å²) in [5.74, 6) is -0.385. The van der Waals surface area contributed by atoms with E-state index in [-0.39, 0.29) is 16.7 Å². The Morgan fingerprint density at radius 1 is 1.09 bits per heavy atom. The molecule has 1 aliphatic rings. The molecule has 0 amide bonds. The van der Waals surface area contributed by atoms with Crippen molar-refractivity contribution < 1.29 is 22.1 Å². The normalized spacial score (nSPS) is 17.9. The first kappa shape index (κ1) is 22.4. The molecule has 0 radical (unpaired) electrons. The lowest BCUT2D eigenvalue weighted by Crippen LogP contribution is -2.33. The maximum Gasteiger partial charge on any atom is 0.573 e. The van der Waals surface area contributed by atoms with Gasteiger partial charge in [-0.25, -0.2) is 18.9 Å². The second kappa shape index (κ2) is 9.76. The number of benzene rings is 2. The largest absolute Gasteiger partial charge is 0.573 e. The second-order valence-corrected chi connectivity index (χ2v) is 8.70. The van der Waals surface area contributed by atoms with Crippen LogP contribution in [-0.4, -0.2) is 44.6 Å². The predicted octanol–water partition coefficient (Wildman–Crippen LogP) is 3.93. The van der Waals surface area contributed by atoms with E-state index in [1.807, 2.05) is 12.1 Å². The van der Waals surface area contributed by atoms with Crippen molar-refractivity contribution >= 4 is 11.0 Å². The number of alkyl halides is 3. The molecule has 1 unspecified atom stereocenters. The zero-order chi connectivity index (χ0) is 22.6. The highest BCUT2D eigenvalue weighted by molar-refractivity contribution is 7.83. The van der Waals surface area contributed by atoms with Gasteiger partial charge in [0.2, 0.25) is 0 Å². The van der Waals surface area contributed by atoms with Crippen LogP contribution in [0.3, 0.4) is 0 Å². The Morgan fingerprint density at radius 2 is 1.84 bits per heavy atom. The molecule has 168 valence electrons. The zero-order valence-corrected chi connectivity index (χ0v) is 17.8. The van der Waals surface area contributed by atoms with Gasteiger partial charge in [0.05, 0.1) is 4.90 Å². The van der Waals surface area contributed by atoms with Crippen LogP contribution < -0.4 is 9.46 Å². The van der Waals surface area contributed by atoms with Crippen LogP contribution in [0.4, 0.5) is 13.2 Å². The van der Waals surface area contributed by atoms with Crippen LogP contribution in [-0.2, 0) is 17.5 Å². The molecule has 2 heterocycles. The SMILES string of the molecule is O=S(N[C@@H]1CCN(Cc2ccc(-c3cncnc3)cc2)C1)c1cccc(OC(F)(F)F)c1. The van der Waals surface area contributed by atoms with Gasteiger partial charge in [-0.2, -0.15) is 0 Å². The Hall–Kier alpha value is -2.82. The van der Waals surface area contributed by atoms with Gasteiger partial charge < -0.3 is 4.74 Å². The minimum Gasteiger partial charge on any atom is -0.406 e. The van der Waals surface area contributed by atoms with Crippen molar-refractivity contribution in [1.29, 1.82) is 0 Å². The molecule has 1 fully saturated rings. The van der Waals surface area contributed by atoms with Gasteiger partial charge in [0.25, 0.3) is 0 Å². The molecule has 6 nitrogen and oxygen atoms in total. The number of hydrogen-bond acceptors (Lipinski definition) is 5. The average molecular weight is 462 g/mol. The van der Waals surface area contributed by atoms with Gasteiger partial charge in [-0.3, -0.25) is 4.90 Å². The molecule has 32 heavy (non-hydrogen) atoms. The van der Waals surface area contributed by atoms with Gasteiger partial charge in [0, 0.05) is 43.6 Å². The van der Waals surface area contributed by atoms with E-state index in [4.69, 9.17) is 0 Å². The van der Waals surface area contributed by atoms with Gasteiger partial charge in [-0.1, -0.05) is 30.3 Å². The molecule has 1 aliphatic heterocycles. The summed E-state index contributed by atoms with van der Waals surface area (Å²) in [6, 6.07) is 13.4. The molecule has 2 atom stereocenters. The van der Waals surface area contributed by atoms with Gasteiger partial charge in [-0.15, -0.1) is 13.2 Å². The van der Waals surface area contributed by atoms with Crippen LogP contribution in [0.1, 0.15) is 12.0 Å². The highest BCUT2D eigenvalue weighted by atomic mass is 32.2. The first-order valence-corrected chi connectivity index (χ1v) is 11.1. The average Bonchev–Trinajstić information content (AvgIpc) is 3.20. The summed E-state index contributed by atoms with van der Waals surface area (Å²) >= 11 is 0. The van der Waals surface area contributed by atoms with Crippen molar-refractivity contribution in [2.24, 2.45) is 0 Å². The fraction of sp³-hybridized carbons (Fsp3) is 0.273. The molecule has 0 bridgehead atoms. The van der Waals surface area contributed by atoms with Crippen LogP contribution in [0.5, 0.6) is 5.75 Å². The van der Waals surface area contributed by atoms with Crippen LogP contribution in [0.15, 0.2) is 72.1 Å². The summed E-state index contributed by atoms with van der Waals surface area (Å²) in [6.45, 7) is 2.28. The number of rotatable bonds is 7. The van der Waals surface area contributed by atoms with Gasteiger partial charge >= 0.3 is 6.36 Å². The smallest absolute Gasteiger partial charge is 0.406 e. The van der Waals surface area contributed by atoms with E-state index in [0.717, 1.165) is 42.3 Å². The Kier molecular flexibility index (Phi) is 6.83. The molecule has 1 N–H and O–H groups in total. The van der Waals surface area contributed by atoms with E-state index in [1.54, 1.807) is 12.4 Å². The molecule has 1 aromatic heterocycles. The first-order chi connectivity index (χ1) is 15.4. The third-order valence-corrected chi connectivity index (χ3v) is 6.28. The summed E-state index contributed by atoms with van der Waals surface area (Å²) < 4.78 is 56.7. The molecule has 10 heteroatoms. The number of nitrogens with zero attached hydrogens (tertiary/aromatic N) is 3. The second-order valence-electron chi connectivity index (χ2n) is 7.45. The van der Waals surface area contributed by atoms with Crippen molar-refractivity contribution in [1.82, 2.24) is 19.6 Å². The van der Waals surface area contributed by atoms with E-state index in [9.17, 15) is 17.4 Å². The van der Waals surface area contributed by atoms with Crippen LogP contribution in [0.2, 0.25) is 0 Å². The topological polar surface area (TPSA) is 67.4 Å². The first-order valence-electron chi connectivity index (χ1n) is 9.96. The predicted molar refractivity (Wildman–Crippen MR) is 114 cm³/mol. The lowest BCUT2D eigenvalue weighted by Gasteiger charge is -2.17. The number of ether oxygens (including phenoxy) is 1. The maximum atomic E-state index is 12.6. The molecule has 4 rings (SSSR count). The highest BCUT2D eigenvalue weighted by Crippen LogP contribution is 2.25. The fourth-order valence-electron chi connectivity index (χ4n) is 3.59. The molecule has 0 aliphatic carbocycles. The maximum absolute atomic E-state index is 12.6. The lowest BCUT2D eigenvalue weighted by atomic mass is 10.1. The molecular formula is C22H21F3N4O2S. The van der Waals surface area contributed by atoms with Gasteiger partial charge in [-0.05, 0) is 35.7 Å². The van der Waals surface area contributed by atoms with Crippen molar-refractivity contribution in [2.75, 3.05) is 13.1 Å². The van der Waals surface area contributed by atoms with Gasteiger partial charge in [0.15, 0.2) is 0 Å². The van der Waals surface area contributed by atoms with Crippen LogP contribution in [0.25, 0.3) is 11.1 Å². The van der Waals surface area contributed by atoms with Gasteiger partial charge in [0.1, 0.15) is 23.1 Å². The van der Waals surface area contributed by atoms with Crippen molar-refractivity contribution in [3.8, 4) is 16.9 Å². The third kappa shape index (κ3) is 6.12. The van der Waals surface area contributed by atoms with E-state index >= 15 is 0 Å². The third-order valence-electron chi connectivity index (χ3n) is 5.05. The Balaban J connectivity index is 1.30. The number of nitrogens with one attached hydrogen (secondary N) is 1. The summed E-state index contributed by atoms with van der Waals surface area (Å²) in [7, 11) is -1.63. The molecule has 2 aromatic carbocycles. The Bertz CT molecular complexity index is 1060. The van der Waals surface area contributed by atoms with Crippen molar-refractivity contribution in [3.63, 3.8) is 0 Å². The molecular weight excluding hydrogens is 441 g/mol. The van der Waals surface area contributed by atoms with E-state index in [2.05, 4.69) is 36.5 Å². The number of aromatic nitrogens is 2. The Labute approximate surface area is 186 Å². The summed E-state index contributed by atoms with van der Waals surface area (Å²) in [5, 5.41) is 0. The quantitative estimate of drug-likeness (QED) is 0.576. The molecule has 0 saturated carbocycles. The number of hydrogen-bond donors (Lipinski definition) is 1. The minimum atomic E-state index is -4.79. The van der Waals surface area contributed by atoms with E-state index < -0.39 is 17.3 Å². The summed E-state index contributed by atoms with van der Waals surface area (Å²) in [5.41, 5.74) is 3.16. The van der Waals surface area contributed by atoms with Crippen LogP contribution in [0, 0.1) is 0 Å². The molecule has 3 aromatic rings. The van der Waals surface area contributed by atoms with Crippen LogP contribution >= 0.6 is 0 Å². The summed E-state index contributed by atoms with van der Waals surface area (Å²) in [6.07, 6.45) is 1.04. The van der Waals surface area contributed by atoms with E-state index in [0.29, 0.717) is 6.54 Å². The summed E-state index contributed by atoms with van der Waals surface area (Å²) in [4.78, 5) is 10.6. The molecule has 1 saturated heterocycles. The fourth-order valence-corrected chi connectivity index (χ4v) is 4.64.